The van der Waals surface area contributed by atoms with Crippen molar-refractivity contribution < 1.29 is 22.0 Å². The average molecular weight is 552 g/mol. The van der Waals surface area contributed by atoms with E-state index in [4.69, 9.17) is 0 Å². The quantitative estimate of drug-likeness (QED) is 0.402. The molecule has 2 heterocycles. The molecular formula is C25H28ClF2N5O3S. The topological polar surface area (TPSA) is 107 Å². The highest BCUT2D eigenvalue weighted by molar-refractivity contribution is 7.89. The molecule has 0 spiro atoms. The molecule has 0 saturated heterocycles. The summed E-state index contributed by atoms with van der Waals surface area (Å²) in [5.41, 5.74) is 1.25. The van der Waals surface area contributed by atoms with Crippen molar-refractivity contribution >= 4 is 34.2 Å². The molecule has 3 N–H and O–H groups in total. The van der Waals surface area contributed by atoms with E-state index in [9.17, 15) is 22.0 Å². The molecule has 12 heteroatoms. The number of carbonyl (C=O) groups excluding carboxylic acids is 1. The molecule has 1 aliphatic heterocycles. The van der Waals surface area contributed by atoms with Gasteiger partial charge in [-0.1, -0.05) is 24.6 Å². The fraction of sp³-hybridized carbons (Fsp3) is 0.360. The summed E-state index contributed by atoms with van der Waals surface area (Å²) in [4.78, 5) is 12.7. The lowest BCUT2D eigenvalue weighted by atomic mass is 9.93. The molecule has 198 valence electrons. The van der Waals surface area contributed by atoms with Gasteiger partial charge in [0.2, 0.25) is 10.0 Å². The van der Waals surface area contributed by atoms with Gasteiger partial charge in [0.1, 0.15) is 11.6 Å². The molecule has 2 aliphatic rings. The molecule has 8 nitrogen and oxygen atoms in total. The highest BCUT2D eigenvalue weighted by atomic mass is 35.5. The normalized spacial score (nSPS) is 17.1. The van der Waals surface area contributed by atoms with Crippen molar-refractivity contribution in [2.75, 3.05) is 5.32 Å². The molecular weight excluding hydrogens is 524 g/mol. The van der Waals surface area contributed by atoms with Crippen molar-refractivity contribution in [2.24, 2.45) is 0 Å². The maximum Gasteiger partial charge on any atom is 0.257 e. The number of aromatic nitrogens is 2. The van der Waals surface area contributed by atoms with Crippen LogP contribution in [-0.4, -0.2) is 34.9 Å². The average Bonchev–Trinajstić information content (AvgIpc) is 3.30. The van der Waals surface area contributed by atoms with Gasteiger partial charge in [0.05, 0.1) is 16.1 Å². The number of rotatable bonds is 7. The van der Waals surface area contributed by atoms with E-state index in [1.54, 1.807) is 26.0 Å². The van der Waals surface area contributed by atoms with Gasteiger partial charge in [-0.05, 0) is 50.5 Å². The molecule has 0 radical (unpaired) electrons. The first kappa shape index (κ1) is 27.2. The van der Waals surface area contributed by atoms with Crippen molar-refractivity contribution in [1.82, 2.24) is 19.8 Å². The molecule has 5 rings (SSSR count). The van der Waals surface area contributed by atoms with Crippen LogP contribution in [-0.2, 0) is 28.7 Å². The van der Waals surface area contributed by atoms with Crippen LogP contribution in [0.1, 0.15) is 60.3 Å². The van der Waals surface area contributed by atoms with Crippen LogP contribution in [0.2, 0.25) is 0 Å². The van der Waals surface area contributed by atoms with Crippen molar-refractivity contribution in [3.63, 3.8) is 0 Å². The number of anilines is 1. The Morgan fingerprint density at radius 1 is 1.16 bits per heavy atom. The van der Waals surface area contributed by atoms with Crippen molar-refractivity contribution in [1.29, 1.82) is 0 Å². The first-order valence-corrected chi connectivity index (χ1v) is 13.2. The van der Waals surface area contributed by atoms with Gasteiger partial charge in [0.25, 0.3) is 5.91 Å². The van der Waals surface area contributed by atoms with E-state index < -0.39 is 32.1 Å². The third-order valence-electron chi connectivity index (χ3n) is 7.01. The predicted octanol–water partition coefficient (Wildman–Crippen LogP) is 4.44. The lowest BCUT2D eigenvalue weighted by Crippen LogP contribution is -2.40. The monoisotopic (exact) mass is 551 g/mol. The highest BCUT2D eigenvalue weighted by Gasteiger charge is 2.48. The third-order valence-corrected chi connectivity index (χ3v) is 9.01. The van der Waals surface area contributed by atoms with Crippen LogP contribution in [0.5, 0.6) is 0 Å². The van der Waals surface area contributed by atoms with E-state index in [-0.39, 0.29) is 30.7 Å². The molecule has 1 saturated carbocycles. The smallest absolute Gasteiger partial charge is 0.257 e. The largest absolute Gasteiger partial charge is 0.310 e. The van der Waals surface area contributed by atoms with E-state index in [1.807, 2.05) is 12.1 Å². The zero-order valence-corrected chi connectivity index (χ0v) is 22.0. The van der Waals surface area contributed by atoms with Gasteiger partial charge in [-0.25, -0.2) is 17.2 Å². The Kier molecular flexibility index (Phi) is 7.44. The second-order valence-electron chi connectivity index (χ2n) is 9.72. The number of nitrogens with zero attached hydrogens (tertiary/aromatic N) is 2. The standard InChI is InChI=1S/C25H27F2N5O3S.ClH/c1-25(2)22-21(14-32(25)36(34,35)19-11-16(26)10-17(27)12-19)23(31-30-22)29-24(33)20-9-4-3-6-15(20)13-28-18-7-5-8-18;/h3-4,6,9-12,18,28H,5,7-8,13-14H2,1-2H3,(H2,29,30,31,33);1H. The summed E-state index contributed by atoms with van der Waals surface area (Å²) >= 11 is 0. The number of carbonyl (C=O) groups is 1. The number of halogens is 3. The molecule has 0 unspecified atom stereocenters. The van der Waals surface area contributed by atoms with Crippen LogP contribution in [0.25, 0.3) is 0 Å². The van der Waals surface area contributed by atoms with Crippen molar-refractivity contribution in [2.45, 2.75) is 62.7 Å². The first-order valence-electron chi connectivity index (χ1n) is 11.8. The summed E-state index contributed by atoms with van der Waals surface area (Å²) in [5.74, 6) is -2.11. The summed E-state index contributed by atoms with van der Waals surface area (Å²) in [6, 6.07) is 9.96. The highest BCUT2D eigenvalue weighted by Crippen LogP contribution is 2.44. The van der Waals surface area contributed by atoms with Crippen LogP contribution in [0.3, 0.4) is 0 Å². The van der Waals surface area contributed by atoms with Crippen LogP contribution < -0.4 is 10.6 Å². The Labute approximate surface area is 220 Å². The lowest BCUT2D eigenvalue weighted by Gasteiger charge is -2.30. The Bertz CT molecular complexity index is 1420. The molecule has 3 aromatic rings. The third kappa shape index (κ3) is 5.00. The van der Waals surface area contributed by atoms with Gasteiger partial charge < -0.3 is 10.6 Å². The number of hydrogen-bond acceptors (Lipinski definition) is 5. The van der Waals surface area contributed by atoms with Gasteiger partial charge in [-0.15, -0.1) is 12.4 Å². The van der Waals surface area contributed by atoms with Crippen LogP contribution in [0.15, 0.2) is 47.4 Å². The zero-order chi connectivity index (χ0) is 25.7. The minimum atomic E-state index is -4.26. The fourth-order valence-corrected chi connectivity index (χ4v) is 6.49. The Morgan fingerprint density at radius 2 is 1.84 bits per heavy atom. The molecule has 0 atom stereocenters. The number of amides is 1. The number of fused-ring (bicyclic) bond motifs is 1. The van der Waals surface area contributed by atoms with Gasteiger partial charge >= 0.3 is 0 Å². The number of benzene rings is 2. The minimum Gasteiger partial charge on any atom is -0.310 e. The molecule has 1 amide bonds. The number of aromatic amines is 1. The summed E-state index contributed by atoms with van der Waals surface area (Å²) in [6.45, 7) is 3.77. The molecule has 1 fully saturated rings. The van der Waals surface area contributed by atoms with Crippen molar-refractivity contribution in [3.8, 4) is 0 Å². The van der Waals surface area contributed by atoms with E-state index in [2.05, 4.69) is 20.8 Å². The maximum absolute atomic E-state index is 13.8. The predicted molar refractivity (Wildman–Crippen MR) is 137 cm³/mol. The molecule has 0 bridgehead atoms. The number of H-pyrrole nitrogens is 1. The fourth-order valence-electron chi connectivity index (χ4n) is 4.72. The van der Waals surface area contributed by atoms with Crippen LogP contribution >= 0.6 is 12.4 Å². The minimum absolute atomic E-state index is 0. The van der Waals surface area contributed by atoms with E-state index >= 15 is 0 Å². The van der Waals surface area contributed by atoms with Gasteiger partial charge in [-0.2, -0.15) is 9.40 Å². The summed E-state index contributed by atoms with van der Waals surface area (Å²) in [5, 5.41) is 13.3. The SMILES string of the molecule is CC1(C)c2[nH]nc(NC(=O)c3ccccc3CNC3CCC3)c2CN1S(=O)(=O)c1cc(F)cc(F)c1.Cl. The zero-order valence-electron chi connectivity index (χ0n) is 20.3. The number of sulfonamides is 1. The second kappa shape index (κ2) is 10.1. The van der Waals surface area contributed by atoms with E-state index in [1.165, 1.54) is 6.42 Å². The van der Waals surface area contributed by atoms with Crippen molar-refractivity contribution in [3.05, 3.63) is 76.5 Å². The van der Waals surface area contributed by atoms with Gasteiger partial charge in [0, 0.05) is 36.3 Å². The Morgan fingerprint density at radius 3 is 2.49 bits per heavy atom. The molecule has 1 aliphatic carbocycles. The van der Waals surface area contributed by atoms with Gasteiger partial charge in [-0.3, -0.25) is 9.89 Å². The van der Waals surface area contributed by atoms with Crippen LogP contribution in [0.4, 0.5) is 14.6 Å². The van der Waals surface area contributed by atoms with E-state index in [0.29, 0.717) is 35.5 Å². The Balaban J connectivity index is 0.00000320. The molecule has 37 heavy (non-hydrogen) atoms. The number of hydrogen-bond donors (Lipinski definition) is 3. The summed E-state index contributed by atoms with van der Waals surface area (Å²) in [7, 11) is -4.26. The lowest BCUT2D eigenvalue weighted by molar-refractivity contribution is 0.102. The maximum atomic E-state index is 13.8. The van der Waals surface area contributed by atoms with Crippen LogP contribution in [0, 0.1) is 11.6 Å². The molecule has 2 aromatic carbocycles. The first-order chi connectivity index (χ1) is 17.1. The van der Waals surface area contributed by atoms with Gasteiger partial charge in [0.15, 0.2) is 5.82 Å². The summed E-state index contributed by atoms with van der Waals surface area (Å²) < 4.78 is 55.4. The summed E-state index contributed by atoms with van der Waals surface area (Å²) in [6.07, 6.45) is 3.47. The second-order valence-corrected chi connectivity index (χ2v) is 11.6. The number of nitrogens with one attached hydrogen (secondary N) is 3. The molecule has 1 aromatic heterocycles. The Hall–Kier alpha value is -2.86. The van der Waals surface area contributed by atoms with E-state index in [0.717, 1.165) is 34.8 Å².